The molecule has 1 heterocycles. The number of thioether (sulfide) groups is 1. The predicted octanol–water partition coefficient (Wildman–Crippen LogP) is 3.51. The second-order valence-electron chi connectivity index (χ2n) is 3.40. The molecule has 0 radical (unpaired) electrons. The molecule has 0 atom stereocenters. The number of aryl methyl sites for hydroxylation is 1. The molecule has 0 amide bonds. The van der Waals surface area contributed by atoms with Crippen LogP contribution in [-0.2, 0) is 5.75 Å². The number of anilines is 1. The number of rotatable bonds is 3. The molecule has 0 bridgehead atoms. The second-order valence-corrected chi connectivity index (χ2v) is 4.73. The Bertz CT molecular complexity index is 498. The highest BCUT2D eigenvalue weighted by Gasteiger charge is 2.03. The zero-order valence-electron chi connectivity index (χ0n) is 8.74. The Hall–Kier alpha value is -1.13. The summed E-state index contributed by atoms with van der Waals surface area (Å²) >= 11 is 7.37. The average molecular weight is 255 g/mol. The first-order chi connectivity index (χ1) is 7.65. The van der Waals surface area contributed by atoms with E-state index in [-0.39, 0.29) is 0 Å². The maximum absolute atomic E-state index is 5.84. The lowest BCUT2D eigenvalue weighted by Gasteiger charge is -2.02. The molecule has 16 heavy (non-hydrogen) atoms. The van der Waals surface area contributed by atoms with Crippen molar-refractivity contribution in [1.82, 2.24) is 4.98 Å². The molecule has 0 unspecified atom stereocenters. The monoisotopic (exact) mass is 254 g/mol. The van der Waals surface area contributed by atoms with E-state index in [0.717, 1.165) is 17.0 Å². The quantitative estimate of drug-likeness (QED) is 0.673. The summed E-state index contributed by atoms with van der Waals surface area (Å²) in [4.78, 5) is 4.20. The fourth-order valence-electron chi connectivity index (χ4n) is 1.23. The van der Waals surface area contributed by atoms with Crippen molar-refractivity contribution >= 4 is 29.1 Å². The predicted molar refractivity (Wildman–Crippen MR) is 66.7 cm³/mol. The lowest BCUT2D eigenvalue weighted by molar-refractivity contribution is 0.454. The van der Waals surface area contributed by atoms with E-state index in [4.69, 9.17) is 21.8 Å². The van der Waals surface area contributed by atoms with Gasteiger partial charge in [-0.2, -0.15) is 0 Å². The molecule has 3 nitrogen and oxygen atoms in total. The fraction of sp³-hybridized carbons (Fsp3) is 0.182. The first kappa shape index (κ1) is 11.4. The van der Waals surface area contributed by atoms with Crippen molar-refractivity contribution in [3.8, 4) is 0 Å². The van der Waals surface area contributed by atoms with Crippen LogP contribution in [0.25, 0.3) is 0 Å². The van der Waals surface area contributed by atoms with Crippen molar-refractivity contribution in [3.63, 3.8) is 0 Å². The summed E-state index contributed by atoms with van der Waals surface area (Å²) in [5.41, 5.74) is 8.30. The summed E-state index contributed by atoms with van der Waals surface area (Å²) in [6, 6.07) is 5.61. The van der Waals surface area contributed by atoms with E-state index in [2.05, 4.69) is 4.98 Å². The number of oxazole rings is 1. The van der Waals surface area contributed by atoms with Crippen LogP contribution in [0.5, 0.6) is 0 Å². The average Bonchev–Trinajstić information content (AvgIpc) is 2.66. The van der Waals surface area contributed by atoms with Crippen molar-refractivity contribution in [2.75, 3.05) is 5.73 Å². The number of nitrogens with two attached hydrogens (primary N) is 1. The number of nitrogens with zero attached hydrogens (tertiary/aromatic N) is 1. The zero-order valence-corrected chi connectivity index (χ0v) is 10.3. The number of aromatic nitrogens is 1. The highest BCUT2D eigenvalue weighted by Crippen LogP contribution is 2.25. The van der Waals surface area contributed by atoms with Gasteiger partial charge >= 0.3 is 0 Å². The van der Waals surface area contributed by atoms with E-state index in [1.54, 1.807) is 12.3 Å². The molecular formula is C11H11ClN2OS. The standard InChI is InChI=1S/C11H11ClN2OS/c1-7-5-15-11(14-7)16-6-8-2-3-9(12)10(13)4-8/h2-5H,6,13H2,1H3. The molecule has 84 valence electrons. The first-order valence-corrected chi connectivity index (χ1v) is 6.10. The van der Waals surface area contributed by atoms with Gasteiger partial charge in [0.15, 0.2) is 0 Å². The third-order valence-corrected chi connectivity index (χ3v) is 3.28. The Labute approximate surface area is 103 Å². The van der Waals surface area contributed by atoms with E-state index < -0.39 is 0 Å². The van der Waals surface area contributed by atoms with Crippen molar-refractivity contribution in [1.29, 1.82) is 0 Å². The molecular weight excluding hydrogens is 244 g/mol. The van der Waals surface area contributed by atoms with E-state index in [9.17, 15) is 0 Å². The number of nitrogen functional groups attached to an aromatic ring is 1. The Kier molecular flexibility index (Phi) is 3.41. The first-order valence-electron chi connectivity index (χ1n) is 4.74. The maximum Gasteiger partial charge on any atom is 0.256 e. The largest absolute Gasteiger partial charge is 0.440 e. The Balaban J connectivity index is 2.02. The molecule has 1 aromatic carbocycles. The van der Waals surface area contributed by atoms with Gasteiger partial charge in [0.1, 0.15) is 6.26 Å². The summed E-state index contributed by atoms with van der Waals surface area (Å²) in [6.07, 6.45) is 1.64. The van der Waals surface area contributed by atoms with Gasteiger partial charge in [-0.15, -0.1) is 0 Å². The minimum atomic E-state index is 0.584. The molecule has 2 N–H and O–H groups in total. The van der Waals surface area contributed by atoms with Crippen molar-refractivity contribution in [2.24, 2.45) is 0 Å². The minimum absolute atomic E-state index is 0.584. The van der Waals surface area contributed by atoms with Gasteiger partial charge in [-0.3, -0.25) is 0 Å². The highest BCUT2D eigenvalue weighted by atomic mass is 35.5. The Morgan fingerprint density at radius 1 is 1.50 bits per heavy atom. The lowest BCUT2D eigenvalue weighted by Crippen LogP contribution is -1.89. The van der Waals surface area contributed by atoms with Crippen LogP contribution in [0.3, 0.4) is 0 Å². The van der Waals surface area contributed by atoms with Gasteiger partial charge in [-0.1, -0.05) is 29.4 Å². The summed E-state index contributed by atoms with van der Waals surface area (Å²) in [7, 11) is 0. The van der Waals surface area contributed by atoms with Crippen LogP contribution in [0.1, 0.15) is 11.3 Å². The van der Waals surface area contributed by atoms with Crippen molar-refractivity contribution in [2.45, 2.75) is 17.9 Å². The van der Waals surface area contributed by atoms with E-state index >= 15 is 0 Å². The number of hydrogen-bond donors (Lipinski definition) is 1. The van der Waals surface area contributed by atoms with Gasteiger partial charge in [-0.25, -0.2) is 4.98 Å². The van der Waals surface area contributed by atoms with Gasteiger partial charge in [0.2, 0.25) is 0 Å². The van der Waals surface area contributed by atoms with Crippen LogP contribution in [-0.4, -0.2) is 4.98 Å². The van der Waals surface area contributed by atoms with Crippen molar-refractivity contribution < 1.29 is 4.42 Å². The van der Waals surface area contributed by atoms with Gasteiger partial charge in [-0.05, 0) is 24.6 Å². The van der Waals surface area contributed by atoms with Gasteiger partial charge in [0.25, 0.3) is 5.22 Å². The number of halogens is 1. The molecule has 2 aromatic rings. The fourth-order valence-corrected chi connectivity index (χ4v) is 2.14. The zero-order chi connectivity index (χ0) is 11.5. The molecule has 2 rings (SSSR count). The highest BCUT2D eigenvalue weighted by molar-refractivity contribution is 7.98. The third kappa shape index (κ3) is 2.71. The smallest absolute Gasteiger partial charge is 0.256 e. The second kappa shape index (κ2) is 4.80. The van der Waals surface area contributed by atoms with Crippen LogP contribution < -0.4 is 5.73 Å². The van der Waals surface area contributed by atoms with Gasteiger partial charge < -0.3 is 10.2 Å². The molecule has 0 fully saturated rings. The summed E-state index contributed by atoms with van der Waals surface area (Å²) in [5.74, 6) is 0.765. The lowest BCUT2D eigenvalue weighted by atomic mass is 10.2. The van der Waals surface area contributed by atoms with E-state index in [0.29, 0.717) is 15.9 Å². The van der Waals surface area contributed by atoms with E-state index in [1.807, 2.05) is 19.1 Å². The molecule has 5 heteroatoms. The summed E-state index contributed by atoms with van der Waals surface area (Å²) in [5, 5.41) is 1.26. The minimum Gasteiger partial charge on any atom is -0.440 e. The molecule has 0 saturated carbocycles. The van der Waals surface area contributed by atoms with E-state index in [1.165, 1.54) is 11.8 Å². The number of hydrogen-bond acceptors (Lipinski definition) is 4. The van der Waals surface area contributed by atoms with Gasteiger partial charge in [0.05, 0.1) is 16.4 Å². The molecule has 0 aliphatic heterocycles. The van der Waals surface area contributed by atoms with Crippen LogP contribution in [0.2, 0.25) is 5.02 Å². The number of benzene rings is 1. The molecule has 1 aromatic heterocycles. The van der Waals surface area contributed by atoms with Crippen LogP contribution in [0.15, 0.2) is 34.1 Å². The SMILES string of the molecule is Cc1coc(SCc2ccc(Cl)c(N)c2)n1. The summed E-state index contributed by atoms with van der Waals surface area (Å²) < 4.78 is 5.23. The normalized spacial score (nSPS) is 10.6. The Morgan fingerprint density at radius 2 is 2.31 bits per heavy atom. The molecule has 0 aliphatic carbocycles. The third-order valence-electron chi connectivity index (χ3n) is 2.02. The van der Waals surface area contributed by atoms with Crippen LogP contribution in [0.4, 0.5) is 5.69 Å². The molecule has 0 spiro atoms. The maximum atomic E-state index is 5.84. The van der Waals surface area contributed by atoms with Crippen molar-refractivity contribution in [3.05, 3.63) is 40.7 Å². The summed E-state index contributed by atoms with van der Waals surface area (Å²) in [6.45, 7) is 1.90. The molecule has 0 saturated heterocycles. The molecule has 0 aliphatic rings. The van der Waals surface area contributed by atoms with Gasteiger partial charge in [0, 0.05) is 5.75 Å². The van der Waals surface area contributed by atoms with Crippen LogP contribution in [0, 0.1) is 6.92 Å². The topological polar surface area (TPSA) is 52.0 Å². The van der Waals surface area contributed by atoms with Crippen LogP contribution >= 0.6 is 23.4 Å². The Morgan fingerprint density at radius 3 is 2.94 bits per heavy atom.